The lowest BCUT2D eigenvalue weighted by Gasteiger charge is -2.31. The summed E-state index contributed by atoms with van der Waals surface area (Å²) in [6, 6.07) is 2.40. The van der Waals surface area contributed by atoms with Gasteiger partial charge in [-0.15, -0.1) is 0 Å². The highest BCUT2D eigenvalue weighted by Crippen LogP contribution is 2.21. The zero-order valence-corrected chi connectivity index (χ0v) is 24.2. The van der Waals surface area contributed by atoms with Crippen LogP contribution < -0.4 is 21.3 Å². The second-order valence-electron chi connectivity index (χ2n) is 11.3. The first kappa shape index (κ1) is 32.2. The van der Waals surface area contributed by atoms with Crippen LogP contribution in [0.4, 0.5) is 11.4 Å². The molecule has 1 aromatic rings. The van der Waals surface area contributed by atoms with Crippen molar-refractivity contribution in [2.24, 2.45) is 5.92 Å². The van der Waals surface area contributed by atoms with Gasteiger partial charge < -0.3 is 26.2 Å². The van der Waals surface area contributed by atoms with Gasteiger partial charge in [0.25, 0.3) is 11.6 Å². The van der Waals surface area contributed by atoms with E-state index in [1.165, 1.54) is 43.0 Å². The molecule has 5 amide bonds. The van der Waals surface area contributed by atoms with Crippen LogP contribution in [0.15, 0.2) is 24.3 Å². The van der Waals surface area contributed by atoms with Crippen molar-refractivity contribution in [2.75, 3.05) is 11.9 Å². The van der Waals surface area contributed by atoms with Gasteiger partial charge in [-0.3, -0.25) is 38.9 Å². The van der Waals surface area contributed by atoms with Gasteiger partial charge in [0.1, 0.15) is 18.1 Å². The number of carbonyl (C=O) groups is 6. The summed E-state index contributed by atoms with van der Waals surface area (Å²) in [5, 5.41) is 21.3. The molecule has 14 nitrogen and oxygen atoms in total. The highest BCUT2D eigenvalue weighted by molar-refractivity contribution is 6.14. The van der Waals surface area contributed by atoms with E-state index >= 15 is 0 Å². The van der Waals surface area contributed by atoms with Crippen LogP contribution in [0.2, 0.25) is 0 Å². The van der Waals surface area contributed by atoms with Crippen molar-refractivity contribution in [3.8, 4) is 0 Å². The van der Waals surface area contributed by atoms with E-state index in [2.05, 4.69) is 21.3 Å². The van der Waals surface area contributed by atoms with Crippen LogP contribution in [0.3, 0.4) is 0 Å². The number of benzene rings is 1. The Morgan fingerprint density at radius 1 is 1.07 bits per heavy atom. The van der Waals surface area contributed by atoms with Crippen molar-refractivity contribution in [3.05, 3.63) is 34.4 Å². The van der Waals surface area contributed by atoms with E-state index in [-0.39, 0.29) is 31.0 Å². The zero-order chi connectivity index (χ0) is 31.2. The fourth-order valence-corrected chi connectivity index (χ4v) is 5.08. The number of likely N-dealkylation sites (tertiary alicyclic amines) is 1. The van der Waals surface area contributed by atoms with E-state index in [1.54, 1.807) is 0 Å². The van der Waals surface area contributed by atoms with Gasteiger partial charge in [-0.05, 0) is 57.6 Å². The Balaban J connectivity index is 1.67. The molecule has 0 spiro atoms. The number of amides is 5. The molecule has 2 aliphatic heterocycles. The first-order valence-electron chi connectivity index (χ1n) is 14.0. The quantitative estimate of drug-likeness (QED) is 0.178. The largest absolute Gasteiger partial charge is 0.342 e. The van der Waals surface area contributed by atoms with Gasteiger partial charge in [0, 0.05) is 37.2 Å². The molecular formula is C28H38N6O8. The van der Waals surface area contributed by atoms with Gasteiger partial charge in [0.05, 0.1) is 4.92 Å². The van der Waals surface area contributed by atoms with Crippen LogP contribution in [0.25, 0.3) is 0 Å². The van der Waals surface area contributed by atoms with Crippen molar-refractivity contribution in [2.45, 2.75) is 89.9 Å². The molecule has 14 heteroatoms. The van der Waals surface area contributed by atoms with Gasteiger partial charge in [-0.2, -0.15) is 0 Å². The molecule has 0 aliphatic carbocycles. The van der Waals surface area contributed by atoms with Crippen LogP contribution in [0, 0.1) is 16.0 Å². The van der Waals surface area contributed by atoms with E-state index < -0.39 is 63.9 Å². The van der Waals surface area contributed by atoms with Crippen molar-refractivity contribution in [1.82, 2.24) is 20.9 Å². The van der Waals surface area contributed by atoms with E-state index in [0.717, 1.165) is 0 Å². The van der Waals surface area contributed by atoms with E-state index in [0.29, 0.717) is 31.4 Å². The molecular weight excluding hydrogens is 548 g/mol. The number of hydrogen-bond acceptors (Lipinski definition) is 8. The smallest absolute Gasteiger partial charge is 0.269 e. The van der Waals surface area contributed by atoms with Crippen molar-refractivity contribution >= 4 is 46.7 Å². The molecule has 4 atom stereocenters. The van der Waals surface area contributed by atoms with Crippen LogP contribution in [-0.4, -0.2) is 75.4 Å². The third kappa shape index (κ3) is 7.68. The van der Waals surface area contributed by atoms with E-state index in [4.69, 9.17) is 0 Å². The third-order valence-electron chi connectivity index (χ3n) is 7.45. The maximum absolute atomic E-state index is 13.3. The number of rotatable bonds is 10. The van der Waals surface area contributed by atoms with Crippen LogP contribution in [-0.2, 0) is 28.8 Å². The number of nitrogens with one attached hydrogen (secondary N) is 4. The predicted molar refractivity (Wildman–Crippen MR) is 151 cm³/mol. The molecule has 0 radical (unpaired) electrons. The Bertz CT molecular complexity index is 1250. The number of hydrogen-bond donors (Lipinski definition) is 4. The number of nitrogens with zero attached hydrogens (tertiary/aromatic N) is 2. The molecule has 3 rings (SSSR count). The average molecular weight is 587 g/mol. The number of anilines is 1. The maximum atomic E-state index is 13.3. The van der Waals surface area contributed by atoms with Gasteiger partial charge in [0.2, 0.25) is 23.6 Å². The first-order chi connectivity index (χ1) is 19.7. The normalized spacial score (nSPS) is 22.0. The molecule has 0 saturated carbocycles. The lowest BCUT2D eigenvalue weighted by atomic mass is 9.93. The van der Waals surface area contributed by atoms with Crippen LogP contribution in [0.5, 0.6) is 0 Å². The number of nitro groups is 1. The zero-order valence-electron chi connectivity index (χ0n) is 24.2. The second kappa shape index (κ2) is 13.5. The lowest BCUT2D eigenvalue weighted by molar-refractivity contribution is -0.384. The molecule has 2 heterocycles. The maximum Gasteiger partial charge on any atom is 0.269 e. The number of non-ortho nitro benzene ring substituents is 1. The standard InChI is InChI=1S/C28H38N6O8/c1-16(2)15-20(24(37)30-18-10-12-19(13-11-18)34(41)42)31-25(38)21-7-6-14-33(21)26(39)17(3)29-27(40)28(4)22(35)8-5-9-23(36)32-28/h10-13,16-17,20-21H,5-9,14-15H2,1-4H3,(H,29,40)(H,30,37)(H,31,38)(H,32,36)/t17-,20-,21-,28+/m0/s1. The molecule has 42 heavy (non-hydrogen) atoms. The average Bonchev–Trinajstić information content (AvgIpc) is 3.37. The van der Waals surface area contributed by atoms with E-state index in [9.17, 15) is 38.9 Å². The summed E-state index contributed by atoms with van der Waals surface area (Å²) in [7, 11) is 0. The first-order valence-corrected chi connectivity index (χ1v) is 14.0. The summed E-state index contributed by atoms with van der Waals surface area (Å²) >= 11 is 0. The summed E-state index contributed by atoms with van der Waals surface area (Å²) in [4.78, 5) is 89.1. The third-order valence-corrected chi connectivity index (χ3v) is 7.45. The summed E-state index contributed by atoms with van der Waals surface area (Å²) in [5.41, 5.74) is -1.60. The molecule has 228 valence electrons. The molecule has 4 N–H and O–H groups in total. The summed E-state index contributed by atoms with van der Waals surface area (Å²) in [6.07, 6.45) is 1.68. The van der Waals surface area contributed by atoms with E-state index in [1.807, 2.05) is 13.8 Å². The summed E-state index contributed by atoms with van der Waals surface area (Å²) in [6.45, 7) is 6.78. The summed E-state index contributed by atoms with van der Waals surface area (Å²) < 4.78 is 0. The van der Waals surface area contributed by atoms with Crippen molar-refractivity contribution in [3.63, 3.8) is 0 Å². The Morgan fingerprint density at radius 2 is 1.74 bits per heavy atom. The number of ketones is 1. The predicted octanol–water partition coefficient (Wildman–Crippen LogP) is 1.19. The Hall–Kier alpha value is -4.36. The molecule has 0 bridgehead atoms. The minimum atomic E-state index is -1.80. The highest BCUT2D eigenvalue weighted by Gasteiger charge is 2.45. The minimum Gasteiger partial charge on any atom is -0.342 e. The SMILES string of the molecule is CC(C)C[C@H](NC(=O)[C@@H]1CCCN1C(=O)[C@H](C)NC(=O)[C@]1(C)NC(=O)CCCC1=O)C(=O)Nc1ccc([N+](=O)[O-])cc1. The fraction of sp³-hybridized carbons (Fsp3) is 0.571. The van der Waals surface area contributed by atoms with Crippen LogP contribution in [0.1, 0.15) is 66.2 Å². The molecule has 2 aliphatic rings. The van der Waals surface area contributed by atoms with Gasteiger partial charge in [-0.25, -0.2) is 0 Å². The Morgan fingerprint density at radius 3 is 2.36 bits per heavy atom. The van der Waals surface area contributed by atoms with Gasteiger partial charge in [-0.1, -0.05) is 13.8 Å². The Labute approximate surface area is 243 Å². The summed E-state index contributed by atoms with van der Waals surface area (Å²) in [5.74, 6) is -3.22. The lowest BCUT2D eigenvalue weighted by Crippen LogP contribution is -2.63. The van der Waals surface area contributed by atoms with Gasteiger partial charge >= 0.3 is 0 Å². The molecule has 1 aromatic carbocycles. The van der Waals surface area contributed by atoms with Crippen molar-refractivity contribution < 1.29 is 33.7 Å². The number of Topliss-reactive ketones (excluding diaryl/α,β-unsaturated/α-hetero) is 1. The monoisotopic (exact) mass is 586 g/mol. The minimum absolute atomic E-state index is 0.0306. The Kier molecular flexibility index (Phi) is 10.4. The molecule has 0 unspecified atom stereocenters. The molecule has 2 fully saturated rings. The van der Waals surface area contributed by atoms with Crippen LogP contribution >= 0.6 is 0 Å². The van der Waals surface area contributed by atoms with Gasteiger partial charge in [0.15, 0.2) is 11.3 Å². The second-order valence-corrected chi connectivity index (χ2v) is 11.3. The molecule has 2 saturated heterocycles. The number of carbonyl (C=O) groups excluding carboxylic acids is 6. The highest BCUT2D eigenvalue weighted by atomic mass is 16.6. The molecule has 0 aromatic heterocycles. The topological polar surface area (TPSA) is 197 Å². The fourth-order valence-electron chi connectivity index (χ4n) is 5.08. The van der Waals surface area contributed by atoms with Crippen molar-refractivity contribution in [1.29, 1.82) is 0 Å². The number of nitro benzene ring substituents is 1.